The van der Waals surface area contributed by atoms with Crippen molar-refractivity contribution in [2.24, 2.45) is 23.4 Å². The summed E-state index contributed by atoms with van der Waals surface area (Å²) in [6, 6.07) is 0.241. The minimum Gasteiger partial charge on any atom is -0.271 e. The molecule has 0 bridgehead atoms. The summed E-state index contributed by atoms with van der Waals surface area (Å²) in [6.07, 6.45) is 2.14. The summed E-state index contributed by atoms with van der Waals surface area (Å²) < 4.78 is 0. The van der Waals surface area contributed by atoms with Crippen molar-refractivity contribution in [2.45, 2.75) is 25.8 Å². The van der Waals surface area contributed by atoms with Crippen molar-refractivity contribution < 1.29 is 0 Å². The number of hydrogen-bond donors (Lipinski definition) is 8. The Morgan fingerprint density at radius 2 is 1.33 bits per heavy atom. The van der Waals surface area contributed by atoms with Crippen LogP contribution < -0.4 is 45.1 Å². The minimum atomic E-state index is 0.241. The van der Waals surface area contributed by atoms with Gasteiger partial charge in [-0.2, -0.15) is 0 Å². The normalized spacial score (nSPS) is 11.8. The fourth-order valence-corrected chi connectivity index (χ4v) is 0.690. The molecule has 12 N–H and O–H groups in total. The van der Waals surface area contributed by atoms with Crippen molar-refractivity contribution in [3.63, 3.8) is 0 Å². The van der Waals surface area contributed by atoms with Gasteiger partial charge in [0.15, 0.2) is 0 Å². The van der Waals surface area contributed by atoms with Gasteiger partial charge in [0.05, 0.1) is 0 Å². The second-order valence-corrected chi connectivity index (χ2v) is 3.09. The molecule has 0 aliphatic carbocycles. The molecule has 0 aromatic rings. The van der Waals surface area contributed by atoms with Crippen LogP contribution in [0.15, 0.2) is 0 Å². The van der Waals surface area contributed by atoms with Crippen LogP contribution >= 0.6 is 0 Å². The second-order valence-electron chi connectivity index (χ2n) is 3.09. The van der Waals surface area contributed by atoms with Gasteiger partial charge in [-0.3, -0.25) is 45.1 Å². The zero-order valence-electron chi connectivity index (χ0n) is 9.42. The first-order valence-electron chi connectivity index (χ1n) is 4.99. The molecule has 0 rings (SSSR count). The summed E-state index contributed by atoms with van der Waals surface area (Å²) in [5.41, 5.74) is 10.1. The number of nitrogens with two attached hydrogens (primary N) is 4. The van der Waals surface area contributed by atoms with Crippen LogP contribution in [-0.2, 0) is 0 Å². The first kappa shape index (κ1) is 17.1. The van der Waals surface area contributed by atoms with Crippen LogP contribution in [0.5, 0.6) is 0 Å². The molecule has 0 radical (unpaired) electrons. The highest BCUT2D eigenvalue weighted by molar-refractivity contribution is 4.54. The topological polar surface area (TPSA) is 152 Å². The van der Waals surface area contributed by atoms with Gasteiger partial charge >= 0.3 is 0 Å². The average molecular weight is 222 g/mol. The Hall–Kier alpha value is -0.320. The molecule has 0 amide bonds. The predicted molar refractivity (Wildman–Crippen MR) is 62.6 cm³/mol. The van der Waals surface area contributed by atoms with Gasteiger partial charge in [0.2, 0.25) is 0 Å². The van der Waals surface area contributed by atoms with Crippen molar-refractivity contribution in [3.8, 4) is 0 Å². The molecular weight excluding hydrogens is 196 g/mol. The summed E-state index contributed by atoms with van der Waals surface area (Å²) in [5, 5.41) is 0. The van der Waals surface area contributed by atoms with Gasteiger partial charge in [-0.1, -0.05) is 0 Å². The Morgan fingerprint density at radius 3 is 1.53 bits per heavy atom. The van der Waals surface area contributed by atoms with Crippen molar-refractivity contribution in [1.82, 2.24) is 21.7 Å². The molecule has 0 aliphatic heterocycles. The van der Waals surface area contributed by atoms with E-state index in [1.165, 1.54) is 0 Å². The zero-order valence-corrected chi connectivity index (χ0v) is 9.42. The van der Waals surface area contributed by atoms with E-state index in [0.29, 0.717) is 6.54 Å². The highest BCUT2D eigenvalue weighted by Crippen LogP contribution is 1.80. The second kappa shape index (κ2) is 16.1. The van der Waals surface area contributed by atoms with Crippen LogP contribution in [0.25, 0.3) is 0 Å². The van der Waals surface area contributed by atoms with E-state index >= 15 is 0 Å². The Bertz CT molecular complexity index is 95.0. The third kappa shape index (κ3) is 19.9. The Morgan fingerprint density at radius 1 is 0.867 bits per heavy atom. The number of unbranched alkanes of at least 4 members (excludes halogenated alkanes) is 1. The van der Waals surface area contributed by atoms with E-state index in [0.717, 1.165) is 25.9 Å². The maximum atomic E-state index is 5.01. The van der Waals surface area contributed by atoms with E-state index in [-0.39, 0.29) is 6.04 Å². The van der Waals surface area contributed by atoms with Gasteiger partial charge in [-0.05, 0) is 19.8 Å². The fraction of sp³-hybridized carbons (Fsp3) is 1.00. The van der Waals surface area contributed by atoms with Crippen LogP contribution in [-0.4, -0.2) is 25.7 Å². The Balaban J connectivity index is 0. The molecule has 1 atom stereocenters. The van der Waals surface area contributed by atoms with Crippen molar-refractivity contribution in [1.29, 1.82) is 0 Å². The molecular formula is C7H26N8. The maximum absolute atomic E-state index is 5.01. The van der Waals surface area contributed by atoms with E-state index in [4.69, 9.17) is 23.4 Å². The number of hydrazine groups is 4. The third-order valence-electron chi connectivity index (χ3n) is 1.60. The van der Waals surface area contributed by atoms with Gasteiger partial charge in [0, 0.05) is 25.7 Å². The molecule has 0 fully saturated rings. The van der Waals surface area contributed by atoms with Crippen LogP contribution in [0.4, 0.5) is 0 Å². The predicted octanol–water partition coefficient (Wildman–Crippen LogP) is -3.01. The molecule has 0 heterocycles. The van der Waals surface area contributed by atoms with E-state index in [9.17, 15) is 0 Å². The molecule has 0 aromatic carbocycles. The molecule has 94 valence electrons. The highest BCUT2D eigenvalue weighted by atomic mass is 15.3. The lowest BCUT2D eigenvalue weighted by Crippen LogP contribution is -2.42. The summed E-state index contributed by atoms with van der Waals surface area (Å²) in [5.74, 6) is 20.0. The van der Waals surface area contributed by atoms with Crippen LogP contribution in [0.3, 0.4) is 0 Å². The van der Waals surface area contributed by atoms with Crippen LogP contribution in [0.1, 0.15) is 19.8 Å². The van der Waals surface area contributed by atoms with E-state index in [1.807, 2.05) is 6.92 Å². The van der Waals surface area contributed by atoms with Gasteiger partial charge in [0.25, 0.3) is 0 Å². The van der Waals surface area contributed by atoms with Crippen molar-refractivity contribution >= 4 is 0 Å². The van der Waals surface area contributed by atoms with Crippen LogP contribution in [0, 0.1) is 0 Å². The smallest absolute Gasteiger partial charge is 0.0320 e. The standard InChI is InChI=1S/C4H14N4.C3H12N4/c5-7-3-1-2-4-8-6;1-3(7-5)2-6-4/h7-8H,1-6H2;3,6-7H,2,4-5H2,1H3. The molecule has 8 nitrogen and oxygen atoms in total. The molecule has 0 saturated carbocycles. The van der Waals surface area contributed by atoms with Gasteiger partial charge in [-0.15, -0.1) is 0 Å². The lowest BCUT2D eigenvalue weighted by molar-refractivity contribution is 0.525. The van der Waals surface area contributed by atoms with Gasteiger partial charge < -0.3 is 0 Å². The molecule has 15 heavy (non-hydrogen) atoms. The van der Waals surface area contributed by atoms with Gasteiger partial charge in [-0.25, -0.2) is 0 Å². The summed E-state index contributed by atoms with van der Waals surface area (Å²) in [6.45, 7) is 4.35. The zero-order chi connectivity index (χ0) is 11.9. The quantitative estimate of drug-likeness (QED) is 0.123. The fourth-order valence-electron chi connectivity index (χ4n) is 0.690. The lowest BCUT2D eigenvalue weighted by atomic mass is 10.3. The summed E-state index contributed by atoms with van der Waals surface area (Å²) in [4.78, 5) is 0. The maximum Gasteiger partial charge on any atom is 0.0320 e. The van der Waals surface area contributed by atoms with Crippen molar-refractivity contribution in [2.75, 3.05) is 19.6 Å². The SMILES string of the molecule is CC(CNN)NN.NNCCCCNN. The monoisotopic (exact) mass is 222 g/mol. The van der Waals surface area contributed by atoms with E-state index < -0.39 is 0 Å². The summed E-state index contributed by atoms with van der Waals surface area (Å²) >= 11 is 0. The lowest BCUT2D eigenvalue weighted by Gasteiger charge is -2.06. The Labute approximate surface area is 91.4 Å². The number of rotatable bonds is 8. The molecule has 0 aromatic heterocycles. The number of hydrogen-bond acceptors (Lipinski definition) is 8. The van der Waals surface area contributed by atoms with E-state index in [2.05, 4.69) is 21.7 Å². The largest absolute Gasteiger partial charge is 0.271 e. The Kier molecular flexibility index (Phi) is 18.4. The number of nitrogens with one attached hydrogen (secondary N) is 4. The average Bonchev–Trinajstić information content (AvgIpc) is 2.26. The van der Waals surface area contributed by atoms with E-state index in [1.54, 1.807) is 0 Å². The molecule has 8 heteroatoms. The molecule has 0 aliphatic rings. The molecule has 1 unspecified atom stereocenters. The van der Waals surface area contributed by atoms with Gasteiger partial charge in [0.1, 0.15) is 0 Å². The van der Waals surface area contributed by atoms with Crippen LogP contribution in [0.2, 0.25) is 0 Å². The summed E-state index contributed by atoms with van der Waals surface area (Å²) in [7, 11) is 0. The third-order valence-corrected chi connectivity index (χ3v) is 1.60. The minimum absolute atomic E-state index is 0.241. The van der Waals surface area contributed by atoms with Crippen molar-refractivity contribution in [3.05, 3.63) is 0 Å². The molecule has 0 spiro atoms. The first-order valence-corrected chi connectivity index (χ1v) is 4.99. The highest BCUT2D eigenvalue weighted by Gasteiger charge is 1.91. The molecule has 0 saturated heterocycles. The first-order chi connectivity index (χ1) is 7.22.